The van der Waals surface area contributed by atoms with E-state index >= 15 is 0 Å². The molecule has 0 spiro atoms. The normalized spacial score (nSPS) is 29.0. The number of aliphatic hydroxyl groups excluding tert-OH is 3. The van der Waals surface area contributed by atoms with E-state index in [1.54, 1.807) is 0 Å². The van der Waals surface area contributed by atoms with Crippen LogP contribution < -0.4 is 11.2 Å². The van der Waals surface area contributed by atoms with Crippen molar-refractivity contribution in [2.24, 2.45) is 0 Å². The fourth-order valence-corrected chi connectivity index (χ4v) is 2.37. The minimum Gasteiger partial charge on any atom is -0.394 e. The molecule has 0 aliphatic carbocycles. The van der Waals surface area contributed by atoms with Crippen molar-refractivity contribution in [2.75, 3.05) is 6.61 Å². The van der Waals surface area contributed by atoms with Crippen molar-refractivity contribution in [3.8, 4) is 0 Å². The number of nitrogens with zero attached hydrogens (tertiary/aromatic N) is 1. The molecule has 2 rings (SSSR count). The number of aromatic nitrogens is 2. The first-order valence-electron chi connectivity index (χ1n) is 6.96. The van der Waals surface area contributed by atoms with E-state index in [2.05, 4.69) is 4.98 Å². The third-order valence-corrected chi connectivity index (χ3v) is 3.63. The van der Waals surface area contributed by atoms with E-state index in [0.717, 1.165) is 17.4 Å². The van der Waals surface area contributed by atoms with Crippen LogP contribution in [0.25, 0.3) is 0 Å². The Morgan fingerprint density at radius 3 is 2.62 bits per heavy atom. The van der Waals surface area contributed by atoms with Gasteiger partial charge in [-0.25, -0.2) is 4.79 Å². The summed E-state index contributed by atoms with van der Waals surface area (Å²) in [5, 5.41) is 28.7. The Bertz CT molecular complexity index is 595. The van der Waals surface area contributed by atoms with Gasteiger partial charge in [0.15, 0.2) is 6.23 Å². The van der Waals surface area contributed by atoms with Crippen LogP contribution in [0.2, 0.25) is 0 Å². The topological polar surface area (TPSA) is 125 Å². The first-order valence-corrected chi connectivity index (χ1v) is 6.96. The van der Waals surface area contributed by atoms with Gasteiger partial charge in [0, 0.05) is 11.8 Å². The molecule has 4 atom stereocenters. The maximum atomic E-state index is 11.9. The van der Waals surface area contributed by atoms with Crippen LogP contribution in [0.5, 0.6) is 0 Å². The Hall–Kier alpha value is -1.48. The fraction of sp³-hybridized carbons (Fsp3) is 0.692. The highest BCUT2D eigenvalue weighted by molar-refractivity contribution is 5.06. The first kappa shape index (κ1) is 15.9. The lowest BCUT2D eigenvalue weighted by Crippen LogP contribution is -2.38. The van der Waals surface area contributed by atoms with Gasteiger partial charge < -0.3 is 20.1 Å². The van der Waals surface area contributed by atoms with Crippen molar-refractivity contribution >= 4 is 0 Å². The van der Waals surface area contributed by atoms with E-state index in [-0.39, 0.29) is 0 Å². The Balaban J connectivity index is 2.35. The molecular formula is C13H20N2O6. The van der Waals surface area contributed by atoms with Crippen LogP contribution in [0.3, 0.4) is 0 Å². The highest BCUT2D eigenvalue weighted by atomic mass is 16.6. The molecule has 2 heterocycles. The van der Waals surface area contributed by atoms with Crippen molar-refractivity contribution in [2.45, 2.75) is 50.7 Å². The van der Waals surface area contributed by atoms with Gasteiger partial charge in [-0.15, -0.1) is 0 Å². The Kier molecular flexibility index (Phi) is 4.94. The second kappa shape index (κ2) is 6.52. The van der Waals surface area contributed by atoms with Crippen molar-refractivity contribution in [1.29, 1.82) is 0 Å². The van der Waals surface area contributed by atoms with Crippen LogP contribution >= 0.6 is 0 Å². The average molecular weight is 300 g/mol. The summed E-state index contributed by atoms with van der Waals surface area (Å²) >= 11 is 0. The number of nitrogens with one attached hydrogen (secondary N) is 1. The molecule has 21 heavy (non-hydrogen) atoms. The Morgan fingerprint density at radius 2 is 2.05 bits per heavy atom. The minimum absolute atomic E-state index is 0.411. The third kappa shape index (κ3) is 3.08. The summed E-state index contributed by atoms with van der Waals surface area (Å²) in [6, 6.07) is 0. The van der Waals surface area contributed by atoms with Gasteiger partial charge in [0.1, 0.15) is 18.3 Å². The van der Waals surface area contributed by atoms with E-state index in [9.17, 15) is 19.8 Å². The molecule has 1 saturated heterocycles. The average Bonchev–Trinajstić information content (AvgIpc) is 2.74. The highest BCUT2D eigenvalue weighted by Gasteiger charge is 2.43. The predicted octanol–water partition coefficient (Wildman–Crippen LogP) is -1.51. The number of hydrogen-bond donors (Lipinski definition) is 4. The number of H-pyrrole nitrogens is 1. The fourth-order valence-electron chi connectivity index (χ4n) is 2.37. The zero-order chi connectivity index (χ0) is 15.6. The molecule has 8 heteroatoms. The maximum Gasteiger partial charge on any atom is 0.330 e. The van der Waals surface area contributed by atoms with Crippen LogP contribution in [-0.4, -0.2) is 49.8 Å². The van der Waals surface area contributed by atoms with Gasteiger partial charge in [-0.2, -0.15) is 0 Å². The number of rotatable bonds is 5. The molecule has 4 N–H and O–H groups in total. The number of unbranched alkanes of at least 4 members (excludes halogenated alkanes) is 1. The summed E-state index contributed by atoms with van der Waals surface area (Å²) in [6.07, 6.45) is -1.23. The van der Waals surface area contributed by atoms with Gasteiger partial charge in [-0.05, 0) is 12.8 Å². The van der Waals surface area contributed by atoms with Crippen LogP contribution in [0, 0.1) is 0 Å². The molecule has 1 aromatic heterocycles. The van der Waals surface area contributed by atoms with Crippen LogP contribution in [-0.2, 0) is 11.2 Å². The molecule has 1 aliphatic heterocycles. The Labute approximate surface area is 120 Å². The molecular weight excluding hydrogens is 280 g/mol. The quantitative estimate of drug-likeness (QED) is 0.524. The van der Waals surface area contributed by atoms with E-state index in [0.29, 0.717) is 12.0 Å². The minimum atomic E-state index is -1.36. The SMILES string of the molecule is CCCCc1cn([C@@H]2O[C@H](CO)[C@@H](O)[C@@H]2O)c(=O)[nH]c1=O. The smallest absolute Gasteiger partial charge is 0.330 e. The van der Waals surface area contributed by atoms with E-state index in [1.165, 1.54) is 6.20 Å². The van der Waals surface area contributed by atoms with Crippen LogP contribution in [0.4, 0.5) is 0 Å². The molecule has 1 aromatic rings. The molecule has 0 radical (unpaired) electrons. The number of ether oxygens (including phenoxy) is 1. The van der Waals surface area contributed by atoms with Gasteiger partial charge in [-0.1, -0.05) is 13.3 Å². The van der Waals surface area contributed by atoms with Crippen molar-refractivity contribution in [3.05, 3.63) is 32.6 Å². The molecule has 1 aliphatic rings. The van der Waals surface area contributed by atoms with Gasteiger partial charge in [-0.3, -0.25) is 14.3 Å². The van der Waals surface area contributed by atoms with Gasteiger partial charge in [0.2, 0.25) is 0 Å². The van der Waals surface area contributed by atoms with Gasteiger partial charge in [0.05, 0.1) is 6.61 Å². The molecule has 0 saturated carbocycles. The lowest BCUT2D eigenvalue weighted by Gasteiger charge is -2.17. The first-order chi connectivity index (χ1) is 9.99. The maximum absolute atomic E-state index is 11.9. The second-order valence-corrected chi connectivity index (χ2v) is 5.15. The van der Waals surface area contributed by atoms with Crippen LogP contribution in [0.1, 0.15) is 31.6 Å². The summed E-state index contributed by atoms with van der Waals surface area (Å²) < 4.78 is 6.34. The van der Waals surface area contributed by atoms with Crippen molar-refractivity contribution < 1.29 is 20.1 Å². The van der Waals surface area contributed by atoms with Crippen molar-refractivity contribution in [3.63, 3.8) is 0 Å². The van der Waals surface area contributed by atoms with E-state index in [1.807, 2.05) is 6.92 Å². The molecule has 0 aromatic carbocycles. The van der Waals surface area contributed by atoms with Crippen molar-refractivity contribution in [1.82, 2.24) is 9.55 Å². The van der Waals surface area contributed by atoms with Gasteiger partial charge >= 0.3 is 5.69 Å². The summed E-state index contributed by atoms with van der Waals surface area (Å²) in [4.78, 5) is 25.8. The molecule has 0 amide bonds. The lowest BCUT2D eigenvalue weighted by molar-refractivity contribution is -0.0551. The zero-order valence-corrected chi connectivity index (χ0v) is 11.7. The summed E-state index contributed by atoms with van der Waals surface area (Å²) in [5.41, 5.74) is -0.777. The predicted molar refractivity (Wildman–Crippen MR) is 72.9 cm³/mol. The number of hydrogen-bond acceptors (Lipinski definition) is 6. The van der Waals surface area contributed by atoms with E-state index in [4.69, 9.17) is 9.84 Å². The number of aryl methyl sites for hydroxylation is 1. The molecule has 118 valence electrons. The standard InChI is InChI=1S/C13H20N2O6/c1-2-3-4-7-5-15(13(20)14-11(7)19)12-10(18)9(17)8(6-16)21-12/h5,8-10,12,16-18H,2-4,6H2,1H3,(H,14,19,20)/t8-,9-,10+,12-/m1/s1. The monoisotopic (exact) mass is 300 g/mol. The second-order valence-electron chi connectivity index (χ2n) is 5.15. The molecule has 0 bridgehead atoms. The number of aliphatic hydroxyl groups is 3. The number of aromatic amines is 1. The summed E-state index contributed by atoms with van der Waals surface area (Å²) in [5.74, 6) is 0. The lowest BCUT2D eigenvalue weighted by atomic mass is 10.1. The van der Waals surface area contributed by atoms with E-state index < -0.39 is 42.4 Å². The largest absolute Gasteiger partial charge is 0.394 e. The summed E-state index contributed by atoms with van der Waals surface area (Å²) in [7, 11) is 0. The zero-order valence-electron chi connectivity index (χ0n) is 11.7. The molecule has 1 fully saturated rings. The molecule has 8 nitrogen and oxygen atoms in total. The highest BCUT2D eigenvalue weighted by Crippen LogP contribution is 2.27. The third-order valence-electron chi connectivity index (χ3n) is 3.63. The summed E-state index contributed by atoms with van der Waals surface area (Å²) in [6.45, 7) is 1.51. The Morgan fingerprint density at radius 1 is 1.33 bits per heavy atom. The van der Waals surface area contributed by atoms with Crippen LogP contribution in [0.15, 0.2) is 15.8 Å². The molecule has 0 unspecified atom stereocenters. The van der Waals surface area contributed by atoms with Gasteiger partial charge in [0.25, 0.3) is 5.56 Å².